The van der Waals surface area contributed by atoms with E-state index in [4.69, 9.17) is 22.8 Å². The summed E-state index contributed by atoms with van der Waals surface area (Å²) in [4.78, 5) is 26.9. The summed E-state index contributed by atoms with van der Waals surface area (Å²) in [6, 6.07) is 0. The molecule has 200 valence electrons. The number of rotatable bonds is 5. The molecule has 7 heteroatoms. The number of hydrogen-bond acceptors (Lipinski definition) is 6. The summed E-state index contributed by atoms with van der Waals surface area (Å²) in [5.41, 5.74) is 13.9. The molecule has 0 aromatic carbocycles. The predicted molar refractivity (Wildman–Crippen MR) is 162 cm³/mol. The highest BCUT2D eigenvalue weighted by atomic mass is 16.3. The molecule has 8 bridgehead atoms. The Morgan fingerprint density at radius 2 is 1.82 bits per heavy atom. The first-order valence-electron chi connectivity index (χ1n) is 14.0. The molecule has 2 N–H and O–H groups in total. The molecule has 2 radical (unpaired) electrons. The second kappa shape index (κ2) is 9.58. The first kappa shape index (κ1) is 26.2. The van der Waals surface area contributed by atoms with Crippen molar-refractivity contribution in [1.82, 2.24) is 5.32 Å². The Morgan fingerprint density at radius 1 is 1.10 bits per heavy atom. The maximum atomic E-state index is 11.8. The first-order chi connectivity index (χ1) is 19.1. The molecule has 6 rings (SSSR count). The molecule has 0 aromatic heterocycles. The molecule has 6 nitrogen and oxygen atoms in total. The minimum absolute atomic E-state index is 0.0287. The highest BCUT2D eigenvalue weighted by molar-refractivity contribution is 6.57. The maximum absolute atomic E-state index is 11.8. The fourth-order valence-corrected chi connectivity index (χ4v) is 6.68. The summed E-state index contributed by atoms with van der Waals surface area (Å²) in [6.07, 6.45) is 10.2. The van der Waals surface area contributed by atoms with Crippen molar-refractivity contribution in [3.63, 3.8) is 0 Å². The van der Waals surface area contributed by atoms with Gasteiger partial charge in [0, 0.05) is 46.4 Å². The van der Waals surface area contributed by atoms with Crippen molar-refractivity contribution in [2.75, 3.05) is 0 Å². The number of aliphatic imine (C=N–C) groups is 3. The van der Waals surface area contributed by atoms with E-state index < -0.39 is 0 Å². The van der Waals surface area contributed by atoms with Crippen LogP contribution in [-0.4, -0.2) is 35.8 Å². The van der Waals surface area contributed by atoms with Gasteiger partial charge < -0.3 is 15.2 Å². The smallest absolute Gasteiger partial charge is 0.167 e. The van der Waals surface area contributed by atoms with Crippen LogP contribution >= 0.6 is 0 Å². The highest BCUT2D eigenvalue weighted by Crippen LogP contribution is 2.46. The van der Waals surface area contributed by atoms with Gasteiger partial charge in [0.2, 0.25) is 0 Å². The molecule has 1 fully saturated rings. The molecule has 0 spiro atoms. The van der Waals surface area contributed by atoms with Crippen molar-refractivity contribution in [3.8, 4) is 0 Å². The Morgan fingerprint density at radius 3 is 2.52 bits per heavy atom. The molecule has 0 aromatic rings. The third-order valence-corrected chi connectivity index (χ3v) is 9.01. The van der Waals surface area contributed by atoms with Gasteiger partial charge in [-0.3, -0.25) is 0 Å². The molecule has 2 unspecified atom stereocenters. The zero-order chi connectivity index (χ0) is 28.5. The van der Waals surface area contributed by atoms with E-state index in [2.05, 4.69) is 51.7 Å². The van der Waals surface area contributed by atoms with Crippen LogP contribution in [-0.2, 0) is 4.79 Å². The number of aliphatic hydroxyl groups is 1. The zero-order valence-corrected chi connectivity index (χ0v) is 23.8. The van der Waals surface area contributed by atoms with Crippen molar-refractivity contribution in [1.29, 1.82) is 0 Å². The quantitative estimate of drug-likeness (QED) is 0.410. The second-order valence-corrected chi connectivity index (χ2v) is 11.2. The Balaban J connectivity index is 1.62. The molecule has 2 atom stereocenters. The third-order valence-electron chi connectivity index (χ3n) is 9.01. The van der Waals surface area contributed by atoms with Crippen molar-refractivity contribution < 1.29 is 9.90 Å². The monoisotopic (exact) mass is 528 g/mol. The van der Waals surface area contributed by atoms with E-state index in [0.29, 0.717) is 18.6 Å². The summed E-state index contributed by atoms with van der Waals surface area (Å²) >= 11 is 0. The lowest BCUT2D eigenvalue weighted by Gasteiger charge is -2.17. The van der Waals surface area contributed by atoms with Crippen molar-refractivity contribution in [2.45, 2.75) is 60.3 Å². The average Bonchev–Trinajstić information content (AvgIpc) is 3.65. The van der Waals surface area contributed by atoms with Crippen LogP contribution in [0.5, 0.6) is 0 Å². The van der Waals surface area contributed by atoms with Crippen molar-refractivity contribution in [2.24, 2.45) is 26.8 Å². The highest BCUT2D eigenvalue weighted by Gasteiger charge is 2.41. The standard InChI is InChI=1S/C33H33BN4O2/c1-7-19-15(3)23-12-25-17(5)21(9-10-30(34)40)32(37-25)22-11-29(39)31-18(6)26(38-33(22)31)14-28-20(8-2)16(4)24(36-28)13-27(19)35-23/h7,12-14,17,21,37,39H,1,8-11H2,2-6H3. The van der Waals surface area contributed by atoms with Crippen LogP contribution in [0.2, 0.25) is 0 Å². The van der Waals surface area contributed by atoms with E-state index >= 15 is 0 Å². The van der Waals surface area contributed by atoms with Gasteiger partial charge >= 0.3 is 0 Å². The van der Waals surface area contributed by atoms with Crippen LogP contribution in [0, 0.1) is 11.8 Å². The van der Waals surface area contributed by atoms with Gasteiger partial charge in [-0.2, -0.15) is 0 Å². The number of carbonyl (C=O) groups is 1. The number of hydrogen-bond donors (Lipinski definition) is 2. The summed E-state index contributed by atoms with van der Waals surface area (Å²) in [5.74, 6) is 0.449. The van der Waals surface area contributed by atoms with E-state index in [9.17, 15) is 9.90 Å². The van der Waals surface area contributed by atoms with E-state index in [1.54, 1.807) is 0 Å². The van der Waals surface area contributed by atoms with Gasteiger partial charge in [-0.25, -0.2) is 15.0 Å². The molecule has 40 heavy (non-hydrogen) atoms. The predicted octanol–water partition coefficient (Wildman–Crippen LogP) is 6.32. The number of fused-ring (bicyclic) bond motifs is 5. The molecule has 1 saturated heterocycles. The summed E-state index contributed by atoms with van der Waals surface area (Å²) < 4.78 is 0. The lowest BCUT2D eigenvalue weighted by Crippen LogP contribution is -2.15. The van der Waals surface area contributed by atoms with Gasteiger partial charge in [0.05, 0.1) is 39.9 Å². The maximum Gasteiger partial charge on any atom is 0.167 e. The largest absolute Gasteiger partial charge is 0.511 e. The molecule has 1 aliphatic carbocycles. The molecular weight excluding hydrogens is 495 g/mol. The summed E-state index contributed by atoms with van der Waals surface area (Å²) in [7, 11) is 5.58. The average molecular weight is 528 g/mol. The van der Waals surface area contributed by atoms with Gasteiger partial charge in [-0.15, -0.1) is 0 Å². The van der Waals surface area contributed by atoms with Crippen molar-refractivity contribution in [3.05, 3.63) is 104 Å². The summed E-state index contributed by atoms with van der Waals surface area (Å²) in [6.45, 7) is 14.6. The van der Waals surface area contributed by atoms with Gasteiger partial charge in [0.15, 0.2) is 7.85 Å². The molecule has 5 heterocycles. The molecule has 0 amide bonds. The number of nitrogens with zero attached hydrogens (tertiary/aromatic N) is 3. The Hall–Kier alpha value is -4.00. The van der Waals surface area contributed by atoms with Crippen LogP contribution in [0.4, 0.5) is 0 Å². The lowest BCUT2D eigenvalue weighted by molar-refractivity contribution is -0.112. The van der Waals surface area contributed by atoms with Gasteiger partial charge in [-0.1, -0.05) is 26.5 Å². The fraction of sp³-hybridized carbons (Fsp3) is 0.333. The zero-order valence-electron chi connectivity index (χ0n) is 23.8. The van der Waals surface area contributed by atoms with E-state index in [-0.39, 0.29) is 23.9 Å². The van der Waals surface area contributed by atoms with Crippen LogP contribution in [0.1, 0.15) is 60.3 Å². The lowest BCUT2D eigenvalue weighted by atomic mass is 9.83. The van der Waals surface area contributed by atoms with Crippen LogP contribution in [0.25, 0.3) is 0 Å². The fourth-order valence-electron chi connectivity index (χ4n) is 6.68. The minimum Gasteiger partial charge on any atom is -0.511 e. The van der Waals surface area contributed by atoms with Crippen molar-refractivity contribution >= 4 is 30.7 Å². The van der Waals surface area contributed by atoms with E-state index in [0.717, 1.165) is 85.5 Å². The molecule has 0 saturated carbocycles. The van der Waals surface area contributed by atoms with E-state index in [1.165, 1.54) is 5.57 Å². The van der Waals surface area contributed by atoms with Gasteiger partial charge in [0.1, 0.15) is 5.76 Å². The molecule has 5 aliphatic heterocycles. The Labute approximate surface area is 237 Å². The van der Waals surface area contributed by atoms with Gasteiger partial charge in [0.25, 0.3) is 0 Å². The van der Waals surface area contributed by atoms with Crippen LogP contribution in [0.3, 0.4) is 0 Å². The Kier molecular flexibility index (Phi) is 6.28. The van der Waals surface area contributed by atoms with E-state index in [1.807, 2.05) is 19.1 Å². The first-order valence-corrected chi connectivity index (χ1v) is 14.0. The number of carbonyl (C=O) groups excluding carboxylic acids is 1. The summed E-state index contributed by atoms with van der Waals surface area (Å²) in [5, 5.41) is 14.8. The van der Waals surface area contributed by atoms with Crippen LogP contribution < -0.4 is 5.32 Å². The van der Waals surface area contributed by atoms with Gasteiger partial charge in [-0.05, 0) is 80.6 Å². The SMILES string of the molecule is [B]C(=O)CCC1C2=C3CC(O)=C4C3=NC(=C4C)C=C3N=C(C=C4N=C(C=C(N2)C1C)C(C)=C4C=C)C(C)=C3CC. The topological polar surface area (TPSA) is 86.4 Å². The Bertz CT molecular complexity index is 1660. The third kappa shape index (κ3) is 3.94. The molecular formula is C33H33BN4O2. The normalized spacial score (nSPS) is 25.3. The minimum atomic E-state index is -0.319. The number of nitrogens with one attached hydrogen (secondary N) is 1. The second-order valence-electron chi connectivity index (χ2n) is 11.2. The molecule has 6 aliphatic rings. The van der Waals surface area contributed by atoms with Crippen LogP contribution in [0.15, 0.2) is 119 Å². The number of allylic oxidation sites excluding steroid dienone is 12. The number of aliphatic hydroxyl groups excluding tert-OH is 1.